The molecule has 0 N–H and O–H groups in total. The maximum atomic E-state index is 12.5. The van der Waals surface area contributed by atoms with E-state index in [1.807, 2.05) is 0 Å². The molecule has 138 valence electrons. The van der Waals surface area contributed by atoms with Crippen LogP contribution in [0.1, 0.15) is 10.4 Å². The molecule has 2 rings (SSSR count). The van der Waals surface area contributed by atoms with Gasteiger partial charge in [-0.2, -0.15) is 0 Å². The van der Waals surface area contributed by atoms with Crippen LogP contribution in [0.25, 0.3) is 0 Å². The van der Waals surface area contributed by atoms with Crippen molar-refractivity contribution < 1.29 is 33.4 Å². The molecule has 0 saturated heterocycles. The van der Waals surface area contributed by atoms with Gasteiger partial charge in [0, 0.05) is 6.07 Å². The van der Waals surface area contributed by atoms with Crippen LogP contribution in [0.3, 0.4) is 0 Å². The van der Waals surface area contributed by atoms with Crippen LogP contribution >= 0.6 is 0 Å². The van der Waals surface area contributed by atoms with Gasteiger partial charge >= 0.3 is 5.97 Å². The smallest absolute Gasteiger partial charge is 0.343 e. The molecule has 2 aromatic carbocycles. The highest BCUT2D eigenvalue weighted by atomic mass is 16.6. The van der Waals surface area contributed by atoms with Crippen molar-refractivity contribution in [2.24, 2.45) is 0 Å². The molecule has 0 heterocycles. The molecule has 0 radical (unpaired) electrons. The quantitative estimate of drug-likeness (QED) is 0.320. The van der Waals surface area contributed by atoms with Crippen LogP contribution in [0.4, 0.5) is 5.69 Å². The van der Waals surface area contributed by atoms with E-state index >= 15 is 0 Å². The standard InChI is InChI=1S/C17H17NO8/c1-22-12-6-5-11(18(20)21)9-13(12)26-17(19)10-7-14(23-2)16(25-4)15(8-10)24-3/h5-9H,1-4H3. The molecule has 0 spiro atoms. The molecule has 26 heavy (non-hydrogen) atoms. The van der Waals surface area contributed by atoms with Gasteiger partial charge < -0.3 is 23.7 Å². The lowest BCUT2D eigenvalue weighted by atomic mass is 10.2. The predicted molar refractivity (Wildman–Crippen MR) is 90.7 cm³/mol. The minimum Gasteiger partial charge on any atom is -0.493 e. The number of non-ortho nitro benzene ring substituents is 1. The van der Waals surface area contributed by atoms with Crippen LogP contribution in [-0.4, -0.2) is 39.3 Å². The molecule has 0 aliphatic carbocycles. The molecule has 0 bridgehead atoms. The Labute approximate surface area is 149 Å². The van der Waals surface area contributed by atoms with Gasteiger partial charge in [0.1, 0.15) is 0 Å². The summed E-state index contributed by atoms with van der Waals surface area (Å²) in [6.45, 7) is 0. The maximum absolute atomic E-state index is 12.5. The number of ether oxygens (including phenoxy) is 5. The van der Waals surface area contributed by atoms with E-state index < -0.39 is 10.9 Å². The van der Waals surface area contributed by atoms with Crippen molar-refractivity contribution in [1.82, 2.24) is 0 Å². The van der Waals surface area contributed by atoms with Gasteiger partial charge in [-0.25, -0.2) is 4.79 Å². The van der Waals surface area contributed by atoms with Gasteiger partial charge in [-0.05, 0) is 18.2 Å². The summed E-state index contributed by atoms with van der Waals surface area (Å²) in [5.41, 5.74) is -0.133. The minimum absolute atomic E-state index is 0.0829. The Bertz CT molecular complexity index is 809. The van der Waals surface area contributed by atoms with E-state index in [-0.39, 0.29) is 34.2 Å². The Morgan fingerprint density at radius 3 is 1.88 bits per heavy atom. The summed E-state index contributed by atoms with van der Waals surface area (Å²) < 4.78 is 25.9. The van der Waals surface area contributed by atoms with E-state index in [9.17, 15) is 14.9 Å². The van der Waals surface area contributed by atoms with Crippen LogP contribution < -0.4 is 23.7 Å². The SMILES string of the molecule is COc1ccc([N+](=O)[O-])cc1OC(=O)c1cc(OC)c(OC)c(OC)c1. The normalized spacial score (nSPS) is 10.0. The van der Waals surface area contributed by atoms with Crippen LogP contribution in [-0.2, 0) is 0 Å². The number of carbonyl (C=O) groups is 1. The molecule has 2 aromatic rings. The molecule has 9 heteroatoms. The van der Waals surface area contributed by atoms with Crippen LogP contribution in [0.15, 0.2) is 30.3 Å². The molecule has 0 atom stereocenters. The Hall–Kier alpha value is -3.49. The van der Waals surface area contributed by atoms with Gasteiger partial charge in [-0.15, -0.1) is 0 Å². The van der Waals surface area contributed by atoms with Gasteiger partial charge in [0.2, 0.25) is 5.75 Å². The average molecular weight is 363 g/mol. The van der Waals surface area contributed by atoms with Gasteiger partial charge in [-0.1, -0.05) is 0 Å². The second-order valence-electron chi connectivity index (χ2n) is 4.90. The van der Waals surface area contributed by atoms with E-state index in [0.717, 1.165) is 6.07 Å². The Morgan fingerprint density at radius 1 is 0.846 bits per heavy atom. The fourth-order valence-electron chi connectivity index (χ4n) is 2.22. The number of nitro groups is 1. The highest BCUT2D eigenvalue weighted by molar-refractivity contribution is 5.93. The number of hydrogen-bond donors (Lipinski definition) is 0. The van der Waals surface area contributed by atoms with E-state index in [4.69, 9.17) is 23.7 Å². The second kappa shape index (κ2) is 8.06. The topological polar surface area (TPSA) is 106 Å². The van der Waals surface area contributed by atoms with Crippen molar-refractivity contribution >= 4 is 11.7 Å². The zero-order valence-corrected chi connectivity index (χ0v) is 14.6. The third-order valence-electron chi connectivity index (χ3n) is 3.46. The summed E-state index contributed by atoms with van der Waals surface area (Å²) >= 11 is 0. The van der Waals surface area contributed by atoms with Crippen molar-refractivity contribution in [1.29, 1.82) is 0 Å². The number of methoxy groups -OCH3 is 4. The molecular formula is C17H17NO8. The van der Waals surface area contributed by atoms with E-state index in [0.29, 0.717) is 5.75 Å². The summed E-state index contributed by atoms with van der Waals surface area (Å²) in [7, 11) is 5.62. The summed E-state index contributed by atoms with van der Waals surface area (Å²) in [5.74, 6) is 0.175. The number of nitro benzene ring substituents is 1. The molecule has 0 unspecified atom stereocenters. The fraction of sp³-hybridized carbons (Fsp3) is 0.235. The molecule has 9 nitrogen and oxygen atoms in total. The number of hydrogen-bond acceptors (Lipinski definition) is 8. The molecule has 0 aliphatic rings. The average Bonchev–Trinajstić information content (AvgIpc) is 2.66. The molecular weight excluding hydrogens is 346 g/mol. The Morgan fingerprint density at radius 2 is 1.42 bits per heavy atom. The summed E-state index contributed by atoms with van der Waals surface area (Å²) in [6.07, 6.45) is 0. The van der Waals surface area contributed by atoms with Crippen molar-refractivity contribution in [3.05, 3.63) is 46.0 Å². The first kappa shape index (κ1) is 18.8. The minimum atomic E-state index is -0.775. The van der Waals surface area contributed by atoms with Crippen molar-refractivity contribution in [3.8, 4) is 28.7 Å². The van der Waals surface area contributed by atoms with Crippen molar-refractivity contribution in [3.63, 3.8) is 0 Å². The number of carbonyl (C=O) groups excluding carboxylic acids is 1. The number of esters is 1. The van der Waals surface area contributed by atoms with Gasteiger partial charge in [0.25, 0.3) is 5.69 Å². The van der Waals surface area contributed by atoms with Gasteiger partial charge in [0.15, 0.2) is 23.0 Å². The summed E-state index contributed by atoms with van der Waals surface area (Å²) in [5, 5.41) is 10.9. The van der Waals surface area contributed by atoms with Crippen molar-refractivity contribution in [2.75, 3.05) is 28.4 Å². The third kappa shape index (κ3) is 3.77. The zero-order valence-electron chi connectivity index (χ0n) is 14.6. The number of benzene rings is 2. The van der Waals surface area contributed by atoms with E-state index in [1.54, 1.807) is 0 Å². The van der Waals surface area contributed by atoms with Gasteiger partial charge in [0.05, 0.1) is 45.0 Å². The second-order valence-corrected chi connectivity index (χ2v) is 4.90. The summed E-state index contributed by atoms with van der Waals surface area (Å²) in [6, 6.07) is 6.52. The van der Waals surface area contributed by atoms with E-state index in [1.165, 1.54) is 52.7 Å². The first-order valence-corrected chi connectivity index (χ1v) is 7.29. The molecule has 0 aliphatic heterocycles. The van der Waals surface area contributed by atoms with Crippen LogP contribution in [0.2, 0.25) is 0 Å². The molecule has 0 saturated carbocycles. The Balaban J connectivity index is 2.41. The maximum Gasteiger partial charge on any atom is 0.343 e. The monoisotopic (exact) mass is 363 g/mol. The highest BCUT2D eigenvalue weighted by Gasteiger charge is 2.21. The number of rotatable bonds is 7. The lowest BCUT2D eigenvalue weighted by molar-refractivity contribution is -0.384. The van der Waals surface area contributed by atoms with E-state index in [2.05, 4.69) is 0 Å². The lowest BCUT2D eigenvalue weighted by Crippen LogP contribution is -2.10. The van der Waals surface area contributed by atoms with Gasteiger partial charge in [-0.3, -0.25) is 10.1 Å². The van der Waals surface area contributed by atoms with Crippen LogP contribution in [0.5, 0.6) is 28.7 Å². The fourth-order valence-corrected chi connectivity index (χ4v) is 2.22. The Kier molecular flexibility index (Phi) is 5.84. The molecule has 0 aromatic heterocycles. The lowest BCUT2D eigenvalue weighted by Gasteiger charge is -2.14. The third-order valence-corrected chi connectivity index (χ3v) is 3.46. The first-order chi connectivity index (χ1) is 12.4. The molecule has 0 amide bonds. The van der Waals surface area contributed by atoms with Crippen LogP contribution in [0, 0.1) is 10.1 Å². The zero-order chi connectivity index (χ0) is 19.3. The predicted octanol–water partition coefficient (Wildman–Crippen LogP) is 2.85. The number of nitrogens with zero attached hydrogens (tertiary/aromatic N) is 1. The summed E-state index contributed by atoms with van der Waals surface area (Å²) in [4.78, 5) is 22.8. The largest absolute Gasteiger partial charge is 0.493 e. The first-order valence-electron chi connectivity index (χ1n) is 7.29. The molecule has 0 fully saturated rings. The highest BCUT2D eigenvalue weighted by Crippen LogP contribution is 2.39. The van der Waals surface area contributed by atoms with Crippen molar-refractivity contribution in [2.45, 2.75) is 0 Å².